The molecule has 1 aliphatic rings. The number of carbonyl (C=O) groups excluding carboxylic acids is 2. The third-order valence-corrected chi connectivity index (χ3v) is 6.58. The normalized spacial score (nSPS) is 15.5. The van der Waals surface area contributed by atoms with Gasteiger partial charge in [-0.25, -0.2) is 13.6 Å². The molecule has 0 N–H and O–H groups in total. The first kappa shape index (κ1) is 29.0. The summed E-state index contributed by atoms with van der Waals surface area (Å²) >= 11 is 0. The minimum absolute atomic E-state index is 0.206. The number of ether oxygens (including phenoxy) is 2. The van der Waals surface area contributed by atoms with Crippen molar-refractivity contribution in [2.45, 2.75) is 103 Å². The van der Waals surface area contributed by atoms with Crippen molar-refractivity contribution in [3.63, 3.8) is 0 Å². The molecule has 0 bridgehead atoms. The second-order valence-corrected chi connectivity index (χ2v) is 9.28. The Labute approximate surface area is 207 Å². The number of hydrogen-bond acceptors (Lipinski definition) is 4. The maximum Gasteiger partial charge on any atom is 0.328 e. The molecule has 0 saturated carbocycles. The summed E-state index contributed by atoms with van der Waals surface area (Å²) in [6, 6.07) is -0.360. The van der Waals surface area contributed by atoms with Gasteiger partial charge in [-0.3, -0.25) is 4.79 Å². The Morgan fingerprint density at radius 1 is 0.914 bits per heavy atom. The zero-order chi connectivity index (χ0) is 25.6. The number of esters is 1. The number of unbranched alkanes of at least 4 members (excludes halogenated alkanes) is 11. The Morgan fingerprint density at radius 3 is 2.06 bits per heavy atom. The summed E-state index contributed by atoms with van der Waals surface area (Å²) < 4.78 is 52.0. The monoisotopic (exact) mass is 499 g/mol. The molecule has 1 saturated heterocycles. The second-order valence-electron chi connectivity index (χ2n) is 9.28. The zero-order valence-electron chi connectivity index (χ0n) is 21.2. The summed E-state index contributed by atoms with van der Waals surface area (Å²) in [5.41, 5.74) is -0.665. The molecular formula is C27H40F3NO4. The molecule has 5 nitrogen and oxygen atoms in total. The molecule has 0 aromatic heterocycles. The summed E-state index contributed by atoms with van der Waals surface area (Å²) in [7, 11) is 0.987. The third kappa shape index (κ3) is 8.73. The van der Waals surface area contributed by atoms with Crippen molar-refractivity contribution < 1.29 is 32.2 Å². The molecule has 1 aromatic rings. The van der Waals surface area contributed by atoms with E-state index < -0.39 is 46.7 Å². The van der Waals surface area contributed by atoms with Crippen molar-refractivity contribution >= 4 is 11.9 Å². The minimum Gasteiger partial charge on any atom is -0.491 e. The van der Waals surface area contributed by atoms with E-state index in [2.05, 4.69) is 11.7 Å². The number of rotatable bonds is 16. The van der Waals surface area contributed by atoms with E-state index in [9.17, 15) is 22.8 Å². The molecule has 1 amide bonds. The van der Waals surface area contributed by atoms with Crippen LogP contribution in [-0.2, 0) is 9.53 Å². The highest BCUT2D eigenvalue weighted by atomic mass is 19.2. The van der Waals surface area contributed by atoms with Gasteiger partial charge < -0.3 is 14.4 Å². The standard InChI is InChI=1S/C27H40F3NO4/c1-3-4-5-6-7-8-9-10-11-12-13-14-18-35-27(33)22-16-15-17-31(22)26(32)20-19-21(28)24(30)25(34-2)23(20)29/h19,22H,3-18H2,1-2H3. The van der Waals surface area contributed by atoms with E-state index in [4.69, 9.17) is 4.74 Å². The molecule has 1 fully saturated rings. The van der Waals surface area contributed by atoms with Gasteiger partial charge in [0.05, 0.1) is 19.3 Å². The van der Waals surface area contributed by atoms with Crippen LogP contribution in [0.25, 0.3) is 0 Å². The number of amides is 1. The summed E-state index contributed by atoms with van der Waals surface area (Å²) in [6.45, 7) is 2.70. The average molecular weight is 500 g/mol. The van der Waals surface area contributed by atoms with Gasteiger partial charge in [0, 0.05) is 6.54 Å². The molecule has 8 heteroatoms. The first-order chi connectivity index (χ1) is 16.9. The summed E-state index contributed by atoms with van der Waals surface area (Å²) in [4.78, 5) is 26.6. The first-order valence-electron chi connectivity index (χ1n) is 13.1. The number of halogens is 3. The average Bonchev–Trinajstić information content (AvgIpc) is 3.34. The molecule has 1 aromatic carbocycles. The number of likely N-dealkylation sites (tertiary alicyclic amines) is 1. The largest absolute Gasteiger partial charge is 0.491 e. The van der Waals surface area contributed by atoms with E-state index in [1.54, 1.807) is 0 Å². The SMILES string of the molecule is CCCCCCCCCCCCCCOC(=O)C1CCCN1C(=O)c1cc(F)c(F)c(OC)c1F. The van der Waals surface area contributed by atoms with E-state index in [0.717, 1.165) is 26.4 Å². The minimum atomic E-state index is -1.50. The molecule has 2 rings (SSSR count). The molecule has 1 heterocycles. The number of hydrogen-bond donors (Lipinski definition) is 0. The number of benzene rings is 1. The van der Waals surface area contributed by atoms with Gasteiger partial charge in [0.25, 0.3) is 5.91 Å². The lowest BCUT2D eigenvalue weighted by molar-refractivity contribution is -0.148. The Kier molecular flexibility index (Phi) is 13.0. The van der Waals surface area contributed by atoms with Crippen LogP contribution in [0.15, 0.2) is 6.07 Å². The molecule has 0 aliphatic carbocycles. The molecule has 1 unspecified atom stereocenters. The van der Waals surface area contributed by atoms with Crippen LogP contribution in [0.5, 0.6) is 5.75 Å². The summed E-state index contributed by atoms with van der Waals surface area (Å²) in [5.74, 6) is -6.57. The number of nitrogens with zero attached hydrogens (tertiary/aromatic N) is 1. The highest BCUT2D eigenvalue weighted by Crippen LogP contribution is 2.30. The van der Waals surface area contributed by atoms with Crippen LogP contribution in [0.4, 0.5) is 13.2 Å². The van der Waals surface area contributed by atoms with Crippen molar-refractivity contribution in [1.29, 1.82) is 0 Å². The van der Waals surface area contributed by atoms with E-state index in [1.807, 2.05) is 0 Å². The van der Waals surface area contributed by atoms with Crippen LogP contribution in [0.2, 0.25) is 0 Å². The van der Waals surface area contributed by atoms with Gasteiger partial charge in [-0.1, -0.05) is 77.6 Å². The highest BCUT2D eigenvalue weighted by Gasteiger charge is 2.37. The van der Waals surface area contributed by atoms with Gasteiger partial charge in [-0.05, 0) is 25.3 Å². The maximum absolute atomic E-state index is 14.5. The van der Waals surface area contributed by atoms with Gasteiger partial charge in [0.15, 0.2) is 17.4 Å². The lowest BCUT2D eigenvalue weighted by Crippen LogP contribution is -2.42. The fraction of sp³-hybridized carbons (Fsp3) is 0.704. The highest BCUT2D eigenvalue weighted by molar-refractivity contribution is 5.97. The molecular weight excluding hydrogens is 459 g/mol. The number of methoxy groups -OCH3 is 1. The smallest absolute Gasteiger partial charge is 0.328 e. The van der Waals surface area contributed by atoms with Gasteiger partial charge in [-0.2, -0.15) is 4.39 Å². The van der Waals surface area contributed by atoms with Crippen LogP contribution in [0.1, 0.15) is 107 Å². The van der Waals surface area contributed by atoms with Crippen LogP contribution in [0.3, 0.4) is 0 Å². The fourth-order valence-corrected chi connectivity index (χ4v) is 4.54. The van der Waals surface area contributed by atoms with Crippen molar-refractivity contribution in [2.24, 2.45) is 0 Å². The van der Waals surface area contributed by atoms with Gasteiger partial charge in [-0.15, -0.1) is 0 Å². The van der Waals surface area contributed by atoms with Crippen LogP contribution >= 0.6 is 0 Å². The molecule has 1 aliphatic heterocycles. The Bertz CT molecular complexity index is 818. The van der Waals surface area contributed by atoms with Crippen LogP contribution in [0, 0.1) is 17.5 Å². The summed E-state index contributed by atoms with van der Waals surface area (Å²) in [6.07, 6.45) is 15.3. The second kappa shape index (κ2) is 15.7. The number of carbonyl (C=O) groups is 2. The van der Waals surface area contributed by atoms with E-state index in [1.165, 1.54) is 62.7 Å². The molecule has 198 valence electrons. The predicted molar refractivity (Wildman–Crippen MR) is 129 cm³/mol. The summed E-state index contributed by atoms with van der Waals surface area (Å²) in [5, 5.41) is 0. The zero-order valence-corrected chi connectivity index (χ0v) is 21.2. The fourth-order valence-electron chi connectivity index (χ4n) is 4.54. The molecule has 1 atom stereocenters. The Hall–Kier alpha value is -2.25. The molecule has 0 spiro atoms. The van der Waals surface area contributed by atoms with Crippen LogP contribution in [-0.4, -0.2) is 43.1 Å². The Morgan fingerprint density at radius 2 is 1.49 bits per heavy atom. The van der Waals surface area contributed by atoms with Crippen molar-refractivity contribution in [3.05, 3.63) is 29.1 Å². The lowest BCUT2D eigenvalue weighted by Gasteiger charge is -2.24. The van der Waals surface area contributed by atoms with Crippen molar-refractivity contribution in [2.75, 3.05) is 20.3 Å². The quantitative estimate of drug-likeness (QED) is 0.140. The van der Waals surface area contributed by atoms with Gasteiger partial charge in [0.2, 0.25) is 5.82 Å². The topological polar surface area (TPSA) is 55.8 Å². The van der Waals surface area contributed by atoms with Crippen molar-refractivity contribution in [3.8, 4) is 5.75 Å². The maximum atomic E-state index is 14.5. The lowest BCUT2D eigenvalue weighted by atomic mass is 10.1. The van der Waals surface area contributed by atoms with E-state index in [0.29, 0.717) is 18.9 Å². The van der Waals surface area contributed by atoms with Crippen molar-refractivity contribution in [1.82, 2.24) is 4.90 Å². The van der Waals surface area contributed by atoms with E-state index >= 15 is 0 Å². The Balaban J connectivity index is 1.70. The third-order valence-electron chi connectivity index (χ3n) is 6.58. The van der Waals surface area contributed by atoms with Crippen LogP contribution < -0.4 is 4.74 Å². The molecule has 35 heavy (non-hydrogen) atoms. The van der Waals surface area contributed by atoms with E-state index in [-0.39, 0.29) is 13.2 Å². The first-order valence-corrected chi connectivity index (χ1v) is 13.1. The molecule has 0 radical (unpaired) electrons. The predicted octanol–water partition coefficient (Wildman–Crippen LogP) is 6.96. The van der Waals surface area contributed by atoms with Gasteiger partial charge in [0.1, 0.15) is 6.04 Å². The van der Waals surface area contributed by atoms with Gasteiger partial charge >= 0.3 is 5.97 Å².